The molecule has 6 rings (SSSR count). The highest BCUT2D eigenvalue weighted by molar-refractivity contribution is 8.18. The summed E-state index contributed by atoms with van der Waals surface area (Å²) < 4.78 is 8.21. The Labute approximate surface area is 259 Å². The lowest BCUT2D eigenvalue weighted by Crippen LogP contribution is -2.41. The molecule has 0 unspecified atom stereocenters. The quantitative estimate of drug-likeness (QED) is 0.258. The molecule has 2 saturated carbocycles. The van der Waals surface area contributed by atoms with Crippen LogP contribution in [0.4, 0.5) is 0 Å². The van der Waals surface area contributed by atoms with Gasteiger partial charge < -0.3 is 9.30 Å². The Morgan fingerprint density at radius 3 is 2.40 bits per heavy atom. The fourth-order valence-electron chi connectivity index (χ4n) is 6.68. The number of amides is 1. The number of aromatic nitrogens is 1. The van der Waals surface area contributed by atoms with Crippen molar-refractivity contribution in [3.8, 4) is 17.5 Å². The Morgan fingerprint density at radius 2 is 1.67 bits per heavy atom. The molecule has 0 N–H and O–H groups in total. The van der Waals surface area contributed by atoms with E-state index in [1.54, 1.807) is 11.8 Å². The molecule has 0 atom stereocenters. The first-order chi connectivity index (χ1) is 21.0. The first-order valence-corrected chi connectivity index (χ1v) is 16.5. The second kappa shape index (κ2) is 13.3. The Balaban J connectivity index is 1.22. The molecule has 2 aliphatic carbocycles. The average Bonchev–Trinajstić information content (AvgIpc) is 3.50. The number of ether oxygens (including phenoxy) is 1. The third-order valence-corrected chi connectivity index (χ3v) is 10.0. The first-order valence-electron chi connectivity index (χ1n) is 15.7. The van der Waals surface area contributed by atoms with Crippen molar-refractivity contribution in [2.24, 2.45) is 4.99 Å². The van der Waals surface area contributed by atoms with Crippen molar-refractivity contribution in [3.63, 3.8) is 0 Å². The van der Waals surface area contributed by atoms with Crippen LogP contribution in [0.1, 0.15) is 92.3 Å². The van der Waals surface area contributed by atoms with E-state index < -0.39 is 0 Å². The number of aliphatic imine (C=N–C) groups is 1. The van der Waals surface area contributed by atoms with E-state index in [0.717, 1.165) is 69.7 Å². The molecular formula is C36H40N4O2S. The summed E-state index contributed by atoms with van der Waals surface area (Å²) in [5.41, 5.74) is 5.81. The molecule has 2 heterocycles. The van der Waals surface area contributed by atoms with E-state index >= 15 is 0 Å². The summed E-state index contributed by atoms with van der Waals surface area (Å²) in [5.74, 6) is 0.873. The van der Waals surface area contributed by atoms with Crippen molar-refractivity contribution in [3.05, 3.63) is 87.6 Å². The summed E-state index contributed by atoms with van der Waals surface area (Å²) in [7, 11) is 0. The topological polar surface area (TPSA) is 70.6 Å². The number of nitrogens with zero attached hydrogens (tertiary/aromatic N) is 4. The molecule has 0 spiro atoms. The van der Waals surface area contributed by atoms with E-state index in [-0.39, 0.29) is 11.9 Å². The SMILES string of the molecule is Cc1cc(C=C2SC(=NC3CCCCC3)N(C3CCCCC3)C2=O)c(C)n1-c1ccc(OCc2ccccc2C#N)cc1. The molecule has 1 amide bonds. The van der Waals surface area contributed by atoms with Crippen LogP contribution in [0.2, 0.25) is 0 Å². The molecule has 0 bridgehead atoms. The smallest absolute Gasteiger partial charge is 0.267 e. The number of hydrogen-bond donors (Lipinski definition) is 0. The van der Waals surface area contributed by atoms with E-state index in [1.165, 1.54) is 38.5 Å². The maximum absolute atomic E-state index is 13.9. The Bertz CT molecular complexity index is 1570. The fourth-order valence-corrected chi connectivity index (χ4v) is 7.78. The highest BCUT2D eigenvalue weighted by atomic mass is 32.2. The van der Waals surface area contributed by atoms with Gasteiger partial charge in [-0.25, -0.2) is 0 Å². The maximum Gasteiger partial charge on any atom is 0.267 e. The van der Waals surface area contributed by atoms with Crippen LogP contribution in [0.5, 0.6) is 5.75 Å². The van der Waals surface area contributed by atoms with Gasteiger partial charge in [-0.1, -0.05) is 56.7 Å². The molecule has 222 valence electrons. The van der Waals surface area contributed by atoms with E-state index in [2.05, 4.69) is 53.7 Å². The van der Waals surface area contributed by atoms with Crippen LogP contribution in [0, 0.1) is 25.2 Å². The zero-order valence-electron chi connectivity index (χ0n) is 25.2. The van der Waals surface area contributed by atoms with E-state index in [0.29, 0.717) is 18.2 Å². The second-order valence-corrected chi connectivity index (χ2v) is 13.0. The van der Waals surface area contributed by atoms with Crippen LogP contribution in [0.3, 0.4) is 0 Å². The summed E-state index contributed by atoms with van der Waals surface area (Å²) in [5, 5.41) is 10.3. The average molecular weight is 593 g/mol. The third-order valence-electron chi connectivity index (χ3n) is 9.03. The van der Waals surface area contributed by atoms with Gasteiger partial charge in [0, 0.05) is 28.7 Å². The summed E-state index contributed by atoms with van der Waals surface area (Å²) in [6.07, 6.45) is 13.9. The molecule has 1 aromatic heterocycles. The molecule has 0 radical (unpaired) electrons. The van der Waals surface area contributed by atoms with Gasteiger partial charge >= 0.3 is 0 Å². The van der Waals surface area contributed by atoms with Gasteiger partial charge in [0.15, 0.2) is 5.17 Å². The summed E-state index contributed by atoms with van der Waals surface area (Å²) in [6, 6.07) is 20.5. The van der Waals surface area contributed by atoms with Crippen LogP contribution < -0.4 is 4.74 Å². The first kappa shape index (κ1) is 29.3. The number of thioether (sulfide) groups is 1. The Morgan fingerprint density at radius 1 is 0.977 bits per heavy atom. The number of carbonyl (C=O) groups is 1. The predicted octanol–water partition coefficient (Wildman–Crippen LogP) is 8.48. The molecule has 3 aromatic rings. The lowest BCUT2D eigenvalue weighted by molar-refractivity contribution is -0.124. The molecule has 2 aromatic carbocycles. The minimum absolute atomic E-state index is 0.121. The number of nitriles is 1. The van der Waals surface area contributed by atoms with Crippen molar-refractivity contribution >= 4 is 28.9 Å². The number of carbonyl (C=O) groups excluding carboxylic acids is 1. The molecule has 6 nitrogen and oxygen atoms in total. The minimum atomic E-state index is 0.121. The van der Waals surface area contributed by atoms with E-state index in [9.17, 15) is 10.1 Å². The standard InChI is InChI=1S/C36H40N4O2S/c1-25-21-29(26(2)39(25)32-17-19-33(20-18-32)42-24-28-12-10-9-11-27(28)23-37)22-34-35(41)40(31-15-7-4-8-16-31)36(43-34)38-30-13-5-3-6-14-30/h9-12,17-22,30-31H,3-8,13-16,24H2,1-2H3. The summed E-state index contributed by atoms with van der Waals surface area (Å²) >= 11 is 1.58. The van der Waals surface area contributed by atoms with Crippen molar-refractivity contribution < 1.29 is 9.53 Å². The molecule has 3 aliphatic rings. The summed E-state index contributed by atoms with van der Waals surface area (Å²) in [6.45, 7) is 4.56. The maximum atomic E-state index is 13.9. The zero-order chi connectivity index (χ0) is 29.8. The second-order valence-electron chi connectivity index (χ2n) is 12.0. The zero-order valence-corrected chi connectivity index (χ0v) is 26.0. The van der Waals surface area contributed by atoms with Crippen LogP contribution in [0.15, 0.2) is 64.5 Å². The van der Waals surface area contributed by atoms with Gasteiger partial charge in [0.2, 0.25) is 0 Å². The van der Waals surface area contributed by atoms with Crippen molar-refractivity contribution in [1.82, 2.24) is 9.47 Å². The minimum Gasteiger partial charge on any atom is -0.489 e. The number of amidine groups is 1. The van der Waals surface area contributed by atoms with Crippen molar-refractivity contribution in [2.45, 2.75) is 96.7 Å². The van der Waals surface area contributed by atoms with Crippen LogP contribution in [-0.2, 0) is 11.4 Å². The monoisotopic (exact) mass is 592 g/mol. The molecule has 1 aliphatic heterocycles. The fraction of sp³-hybridized carbons (Fsp3) is 0.417. The van der Waals surface area contributed by atoms with E-state index in [4.69, 9.17) is 9.73 Å². The van der Waals surface area contributed by atoms with E-state index in [1.807, 2.05) is 36.4 Å². The third kappa shape index (κ3) is 6.45. The lowest BCUT2D eigenvalue weighted by atomic mass is 9.94. The molecular weight excluding hydrogens is 552 g/mol. The van der Waals surface area contributed by atoms with Crippen LogP contribution in [0.25, 0.3) is 11.8 Å². The summed E-state index contributed by atoms with van der Waals surface area (Å²) in [4.78, 5) is 21.9. The largest absolute Gasteiger partial charge is 0.489 e. The van der Waals surface area contributed by atoms with Crippen LogP contribution >= 0.6 is 11.8 Å². The highest BCUT2D eigenvalue weighted by Crippen LogP contribution is 2.39. The molecule has 1 saturated heterocycles. The normalized spacial score (nSPS) is 20.2. The molecule has 3 fully saturated rings. The van der Waals surface area contributed by atoms with Gasteiger partial charge in [0.1, 0.15) is 12.4 Å². The van der Waals surface area contributed by atoms with Crippen LogP contribution in [-0.4, -0.2) is 32.6 Å². The van der Waals surface area contributed by atoms with Gasteiger partial charge in [0.05, 0.1) is 22.6 Å². The number of aryl methyl sites for hydroxylation is 1. The number of benzene rings is 2. The van der Waals surface area contributed by atoms with Crippen molar-refractivity contribution in [2.75, 3.05) is 0 Å². The molecule has 43 heavy (non-hydrogen) atoms. The van der Waals surface area contributed by atoms with Gasteiger partial charge in [-0.05, 0) is 99.3 Å². The Kier molecular flexibility index (Phi) is 9.04. The van der Waals surface area contributed by atoms with Gasteiger partial charge in [-0.3, -0.25) is 14.7 Å². The van der Waals surface area contributed by atoms with Gasteiger partial charge in [-0.2, -0.15) is 5.26 Å². The number of rotatable bonds is 7. The highest BCUT2D eigenvalue weighted by Gasteiger charge is 2.39. The molecule has 7 heteroatoms. The Hall–Kier alpha value is -3.76. The van der Waals surface area contributed by atoms with Gasteiger partial charge in [0.25, 0.3) is 5.91 Å². The predicted molar refractivity (Wildman–Crippen MR) is 174 cm³/mol. The van der Waals surface area contributed by atoms with Crippen molar-refractivity contribution in [1.29, 1.82) is 5.26 Å². The number of hydrogen-bond acceptors (Lipinski definition) is 5. The lowest BCUT2D eigenvalue weighted by Gasteiger charge is -2.31. The van der Waals surface area contributed by atoms with Gasteiger partial charge in [-0.15, -0.1) is 0 Å².